The van der Waals surface area contributed by atoms with Crippen LogP contribution in [0.2, 0.25) is 0 Å². The molecule has 3 N–H and O–H groups in total. The van der Waals surface area contributed by atoms with Gasteiger partial charge in [-0.3, -0.25) is 14.3 Å². The van der Waals surface area contributed by atoms with Crippen molar-refractivity contribution in [3.8, 4) is 0 Å². The molecule has 1 aliphatic heterocycles. The van der Waals surface area contributed by atoms with Gasteiger partial charge in [0, 0.05) is 42.3 Å². The van der Waals surface area contributed by atoms with Gasteiger partial charge < -0.3 is 10.3 Å². The summed E-state index contributed by atoms with van der Waals surface area (Å²) in [6.45, 7) is 1.08. The van der Waals surface area contributed by atoms with Gasteiger partial charge >= 0.3 is 0 Å². The number of hydrogen-bond donors (Lipinski definition) is 3. The highest BCUT2D eigenvalue weighted by Gasteiger charge is 2.25. The number of carbonyl (C=O) groups is 1. The van der Waals surface area contributed by atoms with E-state index in [1.165, 1.54) is 0 Å². The number of hydrogen-bond acceptors (Lipinski definition) is 4. The van der Waals surface area contributed by atoms with Crippen LogP contribution in [0.4, 0.5) is 0 Å². The number of rotatable bonds is 4. The Kier molecular flexibility index (Phi) is 3.90. The smallest absolute Gasteiger partial charge is 0.237 e. The lowest BCUT2D eigenvalue weighted by Crippen LogP contribution is -2.48. The van der Waals surface area contributed by atoms with Gasteiger partial charge in [0.05, 0.1) is 23.8 Å². The van der Waals surface area contributed by atoms with Crippen LogP contribution in [-0.2, 0) is 28.6 Å². The zero-order valence-corrected chi connectivity index (χ0v) is 10.5. The second-order valence-electron chi connectivity index (χ2n) is 4.03. The lowest BCUT2D eigenvalue weighted by atomic mass is 10.1. The van der Waals surface area contributed by atoms with Gasteiger partial charge in [0.1, 0.15) is 0 Å². The van der Waals surface area contributed by atoms with E-state index >= 15 is 0 Å². The van der Waals surface area contributed by atoms with Gasteiger partial charge in [-0.1, -0.05) is 0 Å². The van der Waals surface area contributed by atoms with Crippen LogP contribution < -0.4 is 10.6 Å². The molecule has 2 heterocycles. The van der Waals surface area contributed by atoms with Crippen LogP contribution in [0.25, 0.3) is 0 Å². The van der Waals surface area contributed by atoms with Crippen molar-refractivity contribution >= 4 is 16.7 Å². The summed E-state index contributed by atoms with van der Waals surface area (Å²) in [5, 5.41) is 5.91. The monoisotopic (exact) mass is 256 g/mol. The maximum absolute atomic E-state index is 11.8. The number of nitrogens with one attached hydrogen (secondary N) is 3. The molecule has 1 aromatic heterocycles. The Morgan fingerprint density at radius 2 is 2.53 bits per heavy atom. The molecule has 0 aliphatic carbocycles. The molecule has 1 amide bonds. The molecule has 1 aliphatic rings. The standard InChI is InChI=1S/C10H16N4O2S/c1-17(16)3-2-11-10(15)8-4-7-9(5-12-8)14-6-13-7/h6,8,12H,2-5H2,1H3,(H,11,15)(H,13,14). The van der Waals surface area contributed by atoms with Crippen molar-refractivity contribution in [1.82, 2.24) is 20.6 Å². The largest absolute Gasteiger partial charge is 0.354 e. The minimum atomic E-state index is -0.869. The number of aromatic amines is 1. The van der Waals surface area contributed by atoms with Crippen LogP contribution in [0.15, 0.2) is 6.33 Å². The van der Waals surface area contributed by atoms with Gasteiger partial charge in [-0.25, -0.2) is 4.98 Å². The van der Waals surface area contributed by atoms with E-state index in [1.807, 2.05) is 0 Å². The molecule has 2 atom stereocenters. The van der Waals surface area contributed by atoms with E-state index in [2.05, 4.69) is 20.6 Å². The summed E-state index contributed by atoms with van der Waals surface area (Å²) in [4.78, 5) is 19.0. The summed E-state index contributed by atoms with van der Waals surface area (Å²) in [5.74, 6) is 0.440. The van der Waals surface area contributed by atoms with Crippen molar-refractivity contribution < 1.29 is 9.00 Å². The predicted molar refractivity (Wildman–Crippen MR) is 64.9 cm³/mol. The Bertz CT molecular complexity index is 432. The number of carbonyl (C=O) groups excluding carboxylic acids is 1. The number of fused-ring (bicyclic) bond motifs is 1. The van der Waals surface area contributed by atoms with Crippen LogP contribution in [0.5, 0.6) is 0 Å². The summed E-state index contributed by atoms with van der Waals surface area (Å²) >= 11 is 0. The van der Waals surface area contributed by atoms with Crippen molar-refractivity contribution in [3.05, 3.63) is 17.7 Å². The molecule has 0 spiro atoms. The molecular formula is C10H16N4O2S. The van der Waals surface area contributed by atoms with Gasteiger partial charge in [0.15, 0.2) is 0 Å². The Morgan fingerprint density at radius 3 is 3.29 bits per heavy atom. The van der Waals surface area contributed by atoms with Crippen LogP contribution in [0, 0.1) is 0 Å². The topological polar surface area (TPSA) is 86.9 Å². The van der Waals surface area contributed by atoms with Crippen molar-refractivity contribution in [1.29, 1.82) is 0 Å². The quantitative estimate of drug-likeness (QED) is 0.639. The molecule has 6 nitrogen and oxygen atoms in total. The first kappa shape index (κ1) is 12.3. The molecular weight excluding hydrogens is 240 g/mol. The number of imidazole rings is 1. The Hall–Kier alpha value is -1.21. The van der Waals surface area contributed by atoms with Gasteiger partial charge in [-0.2, -0.15) is 0 Å². The average Bonchev–Trinajstić information content (AvgIpc) is 2.75. The third-order valence-electron chi connectivity index (χ3n) is 2.74. The molecule has 0 radical (unpaired) electrons. The fraction of sp³-hybridized carbons (Fsp3) is 0.600. The first-order valence-corrected chi connectivity index (χ1v) is 7.22. The molecule has 94 valence electrons. The third-order valence-corrected chi connectivity index (χ3v) is 3.51. The average molecular weight is 256 g/mol. The zero-order valence-electron chi connectivity index (χ0n) is 9.66. The molecule has 0 saturated carbocycles. The molecule has 1 aromatic rings. The van der Waals surface area contributed by atoms with Crippen molar-refractivity contribution in [3.63, 3.8) is 0 Å². The highest BCUT2D eigenvalue weighted by molar-refractivity contribution is 7.84. The Balaban J connectivity index is 1.84. The summed E-state index contributed by atoms with van der Waals surface area (Å²) in [5.41, 5.74) is 1.99. The lowest BCUT2D eigenvalue weighted by molar-refractivity contribution is -0.123. The van der Waals surface area contributed by atoms with Gasteiger partial charge in [0.2, 0.25) is 5.91 Å². The van der Waals surface area contributed by atoms with Crippen LogP contribution >= 0.6 is 0 Å². The molecule has 0 bridgehead atoms. The SMILES string of the molecule is CS(=O)CCNC(=O)C1Cc2nc[nH]c2CN1. The van der Waals surface area contributed by atoms with E-state index in [0.717, 1.165) is 11.4 Å². The molecule has 0 saturated heterocycles. The van der Waals surface area contributed by atoms with Crippen LogP contribution in [0.1, 0.15) is 11.4 Å². The van der Waals surface area contributed by atoms with E-state index in [9.17, 15) is 9.00 Å². The van der Waals surface area contributed by atoms with E-state index in [0.29, 0.717) is 25.3 Å². The first-order valence-electron chi connectivity index (χ1n) is 5.49. The van der Waals surface area contributed by atoms with E-state index in [4.69, 9.17) is 0 Å². The molecule has 0 aromatic carbocycles. The normalized spacial score (nSPS) is 20.6. The lowest BCUT2D eigenvalue weighted by Gasteiger charge is -2.22. The second kappa shape index (κ2) is 5.42. The van der Waals surface area contributed by atoms with Crippen molar-refractivity contribution in [2.24, 2.45) is 0 Å². The van der Waals surface area contributed by atoms with Crippen LogP contribution in [0.3, 0.4) is 0 Å². The second-order valence-corrected chi connectivity index (χ2v) is 5.59. The van der Waals surface area contributed by atoms with Crippen molar-refractivity contribution in [2.75, 3.05) is 18.6 Å². The minimum Gasteiger partial charge on any atom is -0.354 e. The number of amides is 1. The fourth-order valence-electron chi connectivity index (χ4n) is 1.80. The maximum atomic E-state index is 11.8. The van der Waals surface area contributed by atoms with Gasteiger partial charge in [0.25, 0.3) is 0 Å². The molecule has 7 heteroatoms. The molecule has 17 heavy (non-hydrogen) atoms. The molecule has 0 fully saturated rings. The number of H-pyrrole nitrogens is 1. The van der Waals surface area contributed by atoms with E-state index in [-0.39, 0.29) is 11.9 Å². The Morgan fingerprint density at radius 1 is 1.71 bits per heavy atom. The number of nitrogens with zero attached hydrogens (tertiary/aromatic N) is 1. The van der Waals surface area contributed by atoms with E-state index in [1.54, 1.807) is 12.6 Å². The summed E-state index contributed by atoms with van der Waals surface area (Å²) in [6.07, 6.45) is 3.87. The minimum absolute atomic E-state index is 0.0518. The molecule has 2 unspecified atom stereocenters. The fourth-order valence-corrected chi connectivity index (χ4v) is 2.19. The van der Waals surface area contributed by atoms with Crippen molar-refractivity contribution in [2.45, 2.75) is 19.0 Å². The summed E-state index contributed by atoms with van der Waals surface area (Å²) in [7, 11) is -0.869. The van der Waals surface area contributed by atoms with Gasteiger partial charge in [-0.15, -0.1) is 0 Å². The summed E-state index contributed by atoms with van der Waals surface area (Å²) < 4.78 is 10.9. The summed E-state index contributed by atoms with van der Waals surface area (Å²) in [6, 6.07) is -0.240. The highest BCUT2D eigenvalue weighted by atomic mass is 32.2. The van der Waals surface area contributed by atoms with Gasteiger partial charge in [-0.05, 0) is 0 Å². The molecule has 2 rings (SSSR count). The first-order chi connectivity index (χ1) is 8.16. The Labute approximate surface area is 102 Å². The zero-order chi connectivity index (χ0) is 12.3. The predicted octanol–water partition coefficient (Wildman–Crippen LogP) is -1.08. The van der Waals surface area contributed by atoms with Crippen LogP contribution in [-0.4, -0.2) is 44.7 Å². The van der Waals surface area contributed by atoms with E-state index < -0.39 is 10.8 Å². The number of aromatic nitrogens is 2. The highest BCUT2D eigenvalue weighted by Crippen LogP contribution is 2.11. The third kappa shape index (κ3) is 3.13. The maximum Gasteiger partial charge on any atom is 0.237 e.